The number of hydrogen-bond acceptors (Lipinski definition) is 2. The van der Waals surface area contributed by atoms with Gasteiger partial charge in [0.1, 0.15) is 0 Å². The van der Waals surface area contributed by atoms with Gasteiger partial charge in [-0.05, 0) is 38.1 Å². The number of carbonyl (C=O) groups is 1. The molecule has 0 atom stereocenters. The predicted molar refractivity (Wildman–Crippen MR) is 56.0 cm³/mol. The number of nitrogens with zero attached hydrogens (tertiary/aromatic N) is 1. The highest BCUT2D eigenvalue weighted by Crippen LogP contribution is 2.48. The van der Waals surface area contributed by atoms with Crippen LogP contribution in [0.3, 0.4) is 0 Å². The van der Waals surface area contributed by atoms with Crippen molar-refractivity contribution in [3.8, 4) is 0 Å². The number of hydrogen-bond donors (Lipinski definition) is 1. The van der Waals surface area contributed by atoms with E-state index in [4.69, 9.17) is 0 Å². The summed E-state index contributed by atoms with van der Waals surface area (Å²) in [7, 11) is 2.04. The Balaban J connectivity index is 1.82. The monoisotopic (exact) mass is 196 g/mol. The first-order valence-electron chi connectivity index (χ1n) is 5.58. The second-order valence-corrected chi connectivity index (χ2v) is 4.90. The van der Waals surface area contributed by atoms with Crippen molar-refractivity contribution in [2.45, 2.75) is 38.6 Å². The van der Waals surface area contributed by atoms with Crippen LogP contribution in [-0.2, 0) is 4.79 Å². The summed E-state index contributed by atoms with van der Waals surface area (Å²) in [4.78, 5) is 13.1. The Bertz CT molecular complexity index is 223. The number of amides is 1. The molecule has 1 spiro atoms. The summed E-state index contributed by atoms with van der Waals surface area (Å²) in [5.41, 5.74) is 0.583. The van der Waals surface area contributed by atoms with E-state index < -0.39 is 0 Å². The molecule has 1 amide bonds. The smallest absolute Gasteiger partial charge is 0.219 e. The highest BCUT2D eigenvalue weighted by molar-refractivity contribution is 5.73. The molecular formula is C11H20N2O. The van der Waals surface area contributed by atoms with Gasteiger partial charge < -0.3 is 10.2 Å². The van der Waals surface area contributed by atoms with E-state index in [0.29, 0.717) is 5.41 Å². The molecule has 0 radical (unpaired) electrons. The zero-order chi connectivity index (χ0) is 10.2. The first-order chi connectivity index (χ1) is 6.65. The quantitative estimate of drug-likeness (QED) is 0.678. The molecule has 3 nitrogen and oxygen atoms in total. The molecule has 80 valence electrons. The fourth-order valence-corrected chi connectivity index (χ4v) is 2.89. The fourth-order valence-electron chi connectivity index (χ4n) is 2.89. The third-order valence-electron chi connectivity index (χ3n) is 4.04. The van der Waals surface area contributed by atoms with Crippen molar-refractivity contribution in [2.75, 3.05) is 20.1 Å². The average Bonchev–Trinajstić information content (AvgIpc) is 2.14. The van der Waals surface area contributed by atoms with Gasteiger partial charge in [0, 0.05) is 26.1 Å². The first kappa shape index (κ1) is 9.97. The standard InChI is InChI=1S/C11H20N2O/c1-9(14)13-5-3-11(4-6-13)7-10(8-11)12-2/h10,12H,3-8H2,1-2H3. The van der Waals surface area contributed by atoms with Crippen LogP contribution in [0, 0.1) is 5.41 Å². The molecule has 0 aromatic carbocycles. The van der Waals surface area contributed by atoms with Crippen LogP contribution < -0.4 is 5.32 Å². The SMILES string of the molecule is CNC1CC2(CCN(C(C)=O)CC2)C1. The minimum absolute atomic E-state index is 0.240. The lowest BCUT2D eigenvalue weighted by Crippen LogP contribution is -2.53. The maximum atomic E-state index is 11.2. The van der Waals surface area contributed by atoms with Gasteiger partial charge in [0.2, 0.25) is 5.91 Å². The van der Waals surface area contributed by atoms with E-state index in [-0.39, 0.29) is 5.91 Å². The second-order valence-electron chi connectivity index (χ2n) is 4.90. The molecule has 0 aromatic heterocycles. The van der Waals surface area contributed by atoms with Gasteiger partial charge in [-0.2, -0.15) is 0 Å². The summed E-state index contributed by atoms with van der Waals surface area (Å²) in [5.74, 6) is 0.240. The summed E-state index contributed by atoms with van der Waals surface area (Å²) in [5, 5.41) is 3.33. The molecule has 3 heteroatoms. The lowest BCUT2D eigenvalue weighted by atomic mass is 9.60. The van der Waals surface area contributed by atoms with Crippen LogP contribution in [-0.4, -0.2) is 37.0 Å². The molecule has 1 aliphatic carbocycles. The highest BCUT2D eigenvalue weighted by atomic mass is 16.2. The third-order valence-corrected chi connectivity index (χ3v) is 4.04. The van der Waals surface area contributed by atoms with E-state index in [1.807, 2.05) is 11.9 Å². The van der Waals surface area contributed by atoms with Crippen LogP contribution in [0.15, 0.2) is 0 Å². The van der Waals surface area contributed by atoms with Crippen molar-refractivity contribution in [3.05, 3.63) is 0 Å². The van der Waals surface area contributed by atoms with E-state index in [0.717, 1.165) is 19.1 Å². The van der Waals surface area contributed by atoms with Crippen molar-refractivity contribution >= 4 is 5.91 Å². The van der Waals surface area contributed by atoms with Crippen LogP contribution in [0.25, 0.3) is 0 Å². The normalized spacial score (nSPS) is 26.3. The molecule has 0 aromatic rings. The second kappa shape index (κ2) is 3.54. The minimum atomic E-state index is 0.240. The molecule has 14 heavy (non-hydrogen) atoms. The predicted octanol–water partition coefficient (Wildman–Crippen LogP) is 0.997. The Morgan fingerprint density at radius 1 is 1.36 bits per heavy atom. The number of piperidine rings is 1. The highest BCUT2D eigenvalue weighted by Gasteiger charge is 2.45. The summed E-state index contributed by atoms with van der Waals surface area (Å²) in [6.07, 6.45) is 5.06. The minimum Gasteiger partial charge on any atom is -0.343 e. The Hall–Kier alpha value is -0.570. The van der Waals surface area contributed by atoms with Crippen LogP contribution in [0.2, 0.25) is 0 Å². The first-order valence-corrected chi connectivity index (χ1v) is 5.58. The number of rotatable bonds is 1. The lowest BCUT2D eigenvalue weighted by Gasteiger charge is -2.52. The molecule has 1 saturated carbocycles. The van der Waals surface area contributed by atoms with Gasteiger partial charge in [0.25, 0.3) is 0 Å². The van der Waals surface area contributed by atoms with Crippen LogP contribution in [0.5, 0.6) is 0 Å². The molecule has 1 saturated heterocycles. The van der Waals surface area contributed by atoms with E-state index in [2.05, 4.69) is 5.32 Å². The van der Waals surface area contributed by atoms with E-state index in [9.17, 15) is 4.79 Å². The zero-order valence-electron chi connectivity index (χ0n) is 9.18. The zero-order valence-corrected chi connectivity index (χ0v) is 9.18. The Morgan fingerprint density at radius 2 is 1.93 bits per heavy atom. The van der Waals surface area contributed by atoms with Crippen LogP contribution >= 0.6 is 0 Å². The maximum Gasteiger partial charge on any atom is 0.219 e. The van der Waals surface area contributed by atoms with Crippen molar-refractivity contribution < 1.29 is 4.79 Å². The molecular weight excluding hydrogens is 176 g/mol. The topological polar surface area (TPSA) is 32.3 Å². The van der Waals surface area contributed by atoms with Crippen molar-refractivity contribution in [1.82, 2.24) is 10.2 Å². The van der Waals surface area contributed by atoms with Crippen molar-refractivity contribution in [1.29, 1.82) is 0 Å². The third kappa shape index (κ3) is 1.65. The van der Waals surface area contributed by atoms with E-state index in [1.165, 1.54) is 25.7 Å². The summed E-state index contributed by atoms with van der Waals surface area (Å²) >= 11 is 0. The van der Waals surface area contributed by atoms with E-state index in [1.54, 1.807) is 6.92 Å². The molecule has 1 heterocycles. The van der Waals surface area contributed by atoms with Gasteiger partial charge in [-0.15, -0.1) is 0 Å². The van der Waals surface area contributed by atoms with Gasteiger partial charge in [0.15, 0.2) is 0 Å². The molecule has 0 unspecified atom stereocenters. The Labute approximate surface area is 85.8 Å². The summed E-state index contributed by atoms with van der Waals surface area (Å²) < 4.78 is 0. The molecule has 2 aliphatic rings. The molecule has 2 fully saturated rings. The van der Waals surface area contributed by atoms with Gasteiger partial charge in [-0.3, -0.25) is 4.79 Å². The van der Waals surface area contributed by atoms with Gasteiger partial charge in [-0.25, -0.2) is 0 Å². The Morgan fingerprint density at radius 3 is 2.36 bits per heavy atom. The number of nitrogens with one attached hydrogen (secondary N) is 1. The number of likely N-dealkylation sites (tertiary alicyclic amines) is 1. The van der Waals surface area contributed by atoms with Crippen LogP contribution in [0.1, 0.15) is 32.6 Å². The lowest BCUT2D eigenvalue weighted by molar-refractivity contribution is -0.132. The van der Waals surface area contributed by atoms with Crippen molar-refractivity contribution in [3.63, 3.8) is 0 Å². The molecule has 1 N–H and O–H groups in total. The Kier molecular flexibility index (Phi) is 2.52. The number of carbonyl (C=O) groups excluding carboxylic acids is 1. The molecule has 0 bridgehead atoms. The van der Waals surface area contributed by atoms with Gasteiger partial charge >= 0.3 is 0 Å². The summed E-state index contributed by atoms with van der Waals surface area (Å²) in [6, 6.07) is 0.735. The molecule has 2 rings (SSSR count). The largest absolute Gasteiger partial charge is 0.343 e. The van der Waals surface area contributed by atoms with Crippen molar-refractivity contribution in [2.24, 2.45) is 5.41 Å². The average molecular weight is 196 g/mol. The fraction of sp³-hybridized carbons (Fsp3) is 0.909. The summed E-state index contributed by atoms with van der Waals surface area (Å²) in [6.45, 7) is 3.63. The molecule has 1 aliphatic heterocycles. The van der Waals surface area contributed by atoms with Crippen LogP contribution in [0.4, 0.5) is 0 Å². The van der Waals surface area contributed by atoms with Gasteiger partial charge in [-0.1, -0.05) is 0 Å². The maximum absolute atomic E-state index is 11.2. The van der Waals surface area contributed by atoms with Gasteiger partial charge in [0.05, 0.1) is 0 Å². The van der Waals surface area contributed by atoms with E-state index >= 15 is 0 Å².